The summed E-state index contributed by atoms with van der Waals surface area (Å²) in [6, 6.07) is 7.93. The lowest BCUT2D eigenvalue weighted by atomic mass is 10.2. The number of carbonyl (C=O) groups excluding carboxylic acids is 1. The number of nitrogens with zero attached hydrogens (tertiary/aromatic N) is 4. The van der Waals surface area contributed by atoms with Crippen LogP contribution in [0.3, 0.4) is 0 Å². The Hall–Kier alpha value is -2.57. The topological polar surface area (TPSA) is 70.6 Å². The molecule has 27 heavy (non-hydrogen) atoms. The van der Waals surface area contributed by atoms with Crippen molar-refractivity contribution in [1.82, 2.24) is 14.9 Å². The molecule has 2 aromatic rings. The van der Waals surface area contributed by atoms with Crippen molar-refractivity contribution in [1.29, 1.82) is 0 Å². The number of nitrogens with one attached hydrogen (secondary N) is 1. The fourth-order valence-corrected chi connectivity index (χ4v) is 3.41. The number of ether oxygens (including phenoxy) is 1. The molecule has 0 unspecified atom stereocenters. The summed E-state index contributed by atoms with van der Waals surface area (Å²) in [6.45, 7) is 7.10. The standard InChI is InChI=1S/C20H29N5O2/c1-20(2,3)27-19(26)25-12-8-9-14(25)13-24(5)18-17(21-4)22-15-10-6-7-11-16(15)23-18/h6-7,10-11,14H,8-9,12-13H2,1-5H3,(H,21,22)/t14-/m0/s1. The van der Waals surface area contributed by atoms with Crippen LogP contribution in [-0.2, 0) is 4.74 Å². The van der Waals surface area contributed by atoms with Gasteiger partial charge < -0.3 is 19.9 Å². The average Bonchev–Trinajstić information content (AvgIpc) is 3.07. The van der Waals surface area contributed by atoms with Gasteiger partial charge in [0.2, 0.25) is 0 Å². The van der Waals surface area contributed by atoms with E-state index < -0.39 is 5.60 Å². The molecule has 1 fully saturated rings. The maximum absolute atomic E-state index is 12.5. The molecule has 1 amide bonds. The summed E-state index contributed by atoms with van der Waals surface area (Å²) < 4.78 is 5.57. The number of hydrogen-bond acceptors (Lipinski definition) is 6. The van der Waals surface area contributed by atoms with Gasteiger partial charge in [-0.3, -0.25) is 0 Å². The Labute approximate surface area is 160 Å². The molecule has 1 N–H and O–H groups in total. The third-order valence-electron chi connectivity index (χ3n) is 4.64. The van der Waals surface area contributed by atoms with Crippen LogP contribution in [0.4, 0.5) is 16.4 Å². The fraction of sp³-hybridized carbons (Fsp3) is 0.550. The van der Waals surface area contributed by atoms with Crippen molar-refractivity contribution in [2.24, 2.45) is 0 Å². The lowest BCUT2D eigenvalue weighted by Crippen LogP contribution is -2.44. The fourth-order valence-electron chi connectivity index (χ4n) is 3.41. The Balaban J connectivity index is 1.79. The maximum Gasteiger partial charge on any atom is 0.410 e. The normalized spacial score (nSPS) is 17.2. The monoisotopic (exact) mass is 371 g/mol. The van der Waals surface area contributed by atoms with Crippen molar-refractivity contribution >= 4 is 28.8 Å². The molecular formula is C20H29N5O2. The summed E-state index contributed by atoms with van der Waals surface area (Å²) in [7, 11) is 3.84. The average molecular weight is 371 g/mol. The number of carbonyl (C=O) groups is 1. The van der Waals surface area contributed by atoms with Crippen molar-refractivity contribution in [3.05, 3.63) is 24.3 Å². The number of hydrogen-bond donors (Lipinski definition) is 1. The largest absolute Gasteiger partial charge is 0.444 e. The molecule has 146 valence electrons. The van der Waals surface area contributed by atoms with E-state index >= 15 is 0 Å². The lowest BCUT2D eigenvalue weighted by molar-refractivity contribution is 0.0232. The smallest absolute Gasteiger partial charge is 0.410 e. The van der Waals surface area contributed by atoms with Gasteiger partial charge in [0, 0.05) is 27.2 Å². The van der Waals surface area contributed by atoms with Gasteiger partial charge in [-0.25, -0.2) is 14.8 Å². The van der Waals surface area contributed by atoms with Gasteiger partial charge in [-0.2, -0.15) is 0 Å². The van der Waals surface area contributed by atoms with Crippen LogP contribution in [0.1, 0.15) is 33.6 Å². The minimum atomic E-state index is -0.487. The van der Waals surface area contributed by atoms with Crippen molar-refractivity contribution < 1.29 is 9.53 Å². The molecule has 1 aliphatic rings. The Morgan fingerprint density at radius 2 is 1.96 bits per heavy atom. The number of likely N-dealkylation sites (N-methyl/N-ethyl adjacent to an activating group) is 1. The summed E-state index contributed by atoms with van der Waals surface area (Å²) in [5.41, 5.74) is 1.23. The third kappa shape index (κ3) is 4.40. The van der Waals surface area contributed by atoms with Crippen LogP contribution in [-0.4, -0.2) is 59.8 Å². The first-order valence-corrected chi connectivity index (χ1v) is 9.44. The molecule has 1 saturated heterocycles. The second-order valence-electron chi connectivity index (χ2n) is 7.98. The highest BCUT2D eigenvalue weighted by Crippen LogP contribution is 2.27. The molecule has 0 radical (unpaired) electrons. The summed E-state index contributed by atoms with van der Waals surface area (Å²) >= 11 is 0. The molecule has 3 rings (SSSR count). The van der Waals surface area contributed by atoms with Crippen LogP contribution in [0, 0.1) is 0 Å². The zero-order chi connectivity index (χ0) is 19.6. The van der Waals surface area contributed by atoms with E-state index in [9.17, 15) is 4.79 Å². The predicted molar refractivity (Wildman–Crippen MR) is 108 cm³/mol. The number of anilines is 2. The summed E-state index contributed by atoms with van der Waals surface area (Å²) in [4.78, 5) is 25.9. The third-order valence-corrected chi connectivity index (χ3v) is 4.64. The predicted octanol–water partition coefficient (Wildman–Crippen LogP) is 3.51. The van der Waals surface area contributed by atoms with Gasteiger partial charge in [0.1, 0.15) is 5.60 Å². The summed E-state index contributed by atoms with van der Waals surface area (Å²) in [5, 5.41) is 3.14. The number of rotatable bonds is 4. The Morgan fingerprint density at radius 1 is 1.30 bits per heavy atom. The van der Waals surface area contributed by atoms with Crippen LogP contribution >= 0.6 is 0 Å². The van der Waals surface area contributed by atoms with Crippen LogP contribution in [0.2, 0.25) is 0 Å². The van der Waals surface area contributed by atoms with Crippen molar-refractivity contribution in [3.8, 4) is 0 Å². The van der Waals surface area contributed by atoms with Crippen molar-refractivity contribution in [2.45, 2.75) is 45.3 Å². The molecule has 0 spiro atoms. The van der Waals surface area contributed by atoms with Gasteiger partial charge in [0.05, 0.1) is 17.1 Å². The highest BCUT2D eigenvalue weighted by atomic mass is 16.6. The maximum atomic E-state index is 12.5. The number of likely N-dealkylation sites (tertiary alicyclic amines) is 1. The van der Waals surface area contributed by atoms with Gasteiger partial charge in [-0.15, -0.1) is 0 Å². The van der Waals surface area contributed by atoms with Crippen molar-refractivity contribution in [2.75, 3.05) is 37.4 Å². The van der Waals surface area contributed by atoms with E-state index in [1.165, 1.54) is 0 Å². The minimum Gasteiger partial charge on any atom is -0.444 e. The molecule has 1 aromatic heterocycles. The minimum absolute atomic E-state index is 0.0998. The van der Waals surface area contributed by atoms with Crippen LogP contribution in [0.25, 0.3) is 11.0 Å². The van der Waals surface area contributed by atoms with E-state index in [0.29, 0.717) is 6.54 Å². The van der Waals surface area contributed by atoms with Gasteiger partial charge in [-0.05, 0) is 45.7 Å². The van der Waals surface area contributed by atoms with E-state index in [2.05, 4.69) is 15.2 Å². The highest BCUT2D eigenvalue weighted by molar-refractivity contribution is 5.80. The quantitative estimate of drug-likeness (QED) is 0.887. The second kappa shape index (κ2) is 7.58. The molecule has 7 nitrogen and oxygen atoms in total. The van der Waals surface area contributed by atoms with Gasteiger partial charge in [0.15, 0.2) is 11.6 Å². The first-order chi connectivity index (χ1) is 12.8. The van der Waals surface area contributed by atoms with E-state index in [1.54, 1.807) is 0 Å². The zero-order valence-corrected chi connectivity index (χ0v) is 16.8. The summed E-state index contributed by atoms with van der Waals surface area (Å²) in [5.74, 6) is 1.52. The Bertz CT molecular complexity index is 818. The molecule has 0 bridgehead atoms. The molecule has 0 saturated carbocycles. The number of amides is 1. The molecule has 0 aliphatic carbocycles. The van der Waals surface area contributed by atoms with Gasteiger partial charge in [-0.1, -0.05) is 12.1 Å². The molecule has 2 heterocycles. The lowest BCUT2D eigenvalue weighted by Gasteiger charge is -2.31. The van der Waals surface area contributed by atoms with E-state index in [0.717, 1.165) is 42.1 Å². The summed E-state index contributed by atoms with van der Waals surface area (Å²) in [6.07, 6.45) is 1.70. The number of benzene rings is 1. The van der Waals surface area contributed by atoms with E-state index in [-0.39, 0.29) is 12.1 Å². The van der Waals surface area contributed by atoms with Gasteiger partial charge in [0.25, 0.3) is 0 Å². The Kier molecular flexibility index (Phi) is 5.39. The van der Waals surface area contributed by atoms with Crippen LogP contribution < -0.4 is 10.2 Å². The molecule has 7 heteroatoms. The first kappa shape index (κ1) is 19.2. The molecule has 1 aliphatic heterocycles. The SMILES string of the molecule is CNc1nc2ccccc2nc1N(C)C[C@@H]1CCCN1C(=O)OC(C)(C)C. The zero-order valence-electron chi connectivity index (χ0n) is 16.8. The van der Waals surface area contributed by atoms with Gasteiger partial charge >= 0.3 is 6.09 Å². The number of fused-ring (bicyclic) bond motifs is 1. The van der Waals surface area contributed by atoms with Crippen molar-refractivity contribution in [3.63, 3.8) is 0 Å². The van der Waals surface area contributed by atoms with Crippen LogP contribution in [0.15, 0.2) is 24.3 Å². The highest BCUT2D eigenvalue weighted by Gasteiger charge is 2.33. The Morgan fingerprint density at radius 3 is 2.59 bits per heavy atom. The second-order valence-corrected chi connectivity index (χ2v) is 7.98. The first-order valence-electron chi connectivity index (χ1n) is 9.44. The number of para-hydroxylation sites is 2. The number of aromatic nitrogens is 2. The van der Waals surface area contributed by atoms with E-state index in [4.69, 9.17) is 9.72 Å². The molecular weight excluding hydrogens is 342 g/mol. The van der Waals surface area contributed by atoms with Crippen LogP contribution in [0.5, 0.6) is 0 Å². The molecule has 1 atom stereocenters. The molecule has 1 aromatic carbocycles. The van der Waals surface area contributed by atoms with E-state index in [1.807, 2.05) is 64.0 Å².